The third kappa shape index (κ3) is 3.82. The first-order valence-corrected chi connectivity index (χ1v) is 7.47. The van der Waals surface area contributed by atoms with Gasteiger partial charge in [-0.1, -0.05) is 26.0 Å². The SMILES string of the molecule is CNCc1cc(C(C)C)nc(N(C)c2cccc(C)c2)c1. The molecular weight excluding hydrogens is 258 g/mol. The van der Waals surface area contributed by atoms with Gasteiger partial charge in [0.25, 0.3) is 0 Å². The van der Waals surface area contributed by atoms with Gasteiger partial charge >= 0.3 is 0 Å². The van der Waals surface area contributed by atoms with E-state index in [0.717, 1.165) is 18.1 Å². The minimum absolute atomic E-state index is 0.423. The Morgan fingerprint density at radius 2 is 1.95 bits per heavy atom. The summed E-state index contributed by atoms with van der Waals surface area (Å²) in [5, 5.41) is 3.22. The third-order valence-electron chi connectivity index (χ3n) is 3.60. The first kappa shape index (κ1) is 15.5. The number of aryl methyl sites for hydroxylation is 1. The molecule has 0 bridgehead atoms. The first-order chi connectivity index (χ1) is 10.0. The zero-order valence-electron chi connectivity index (χ0n) is 13.6. The lowest BCUT2D eigenvalue weighted by Gasteiger charge is -2.21. The molecule has 0 radical (unpaired) electrons. The highest BCUT2D eigenvalue weighted by atomic mass is 15.2. The van der Waals surface area contributed by atoms with E-state index in [-0.39, 0.29) is 0 Å². The Morgan fingerprint density at radius 3 is 2.57 bits per heavy atom. The Kier molecular flexibility index (Phi) is 4.97. The van der Waals surface area contributed by atoms with Crippen LogP contribution in [0.15, 0.2) is 36.4 Å². The summed E-state index contributed by atoms with van der Waals surface area (Å²) in [6.45, 7) is 7.34. The van der Waals surface area contributed by atoms with Gasteiger partial charge in [-0.05, 0) is 55.3 Å². The van der Waals surface area contributed by atoms with Crippen molar-refractivity contribution >= 4 is 11.5 Å². The Balaban J connectivity index is 2.41. The molecule has 3 nitrogen and oxygen atoms in total. The average Bonchev–Trinajstić information content (AvgIpc) is 2.46. The molecule has 0 saturated carbocycles. The van der Waals surface area contributed by atoms with Gasteiger partial charge in [-0.2, -0.15) is 0 Å². The van der Waals surface area contributed by atoms with Crippen LogP contribution in [0.25, 0.3) is 0 Å². The lowest BCUT2D eigenvalue weighted by atomic mass is 10.1. The van der Waals surface area contributed by atoms with Crippen LogP contribution >= 0.6 is 0 Å². The van der Waals surface area contributed by atoms with Crippen LogP contribution in [0, 0.1) is 6.92 Å². The summed E-state index contributed by atoms with van der Waals surface area (Å²) in [6, 6.07) is 12.8. The highest BCUT2D eigenvalue weighted by Crippen LogP contribution is 2.26. The van der Waals surface area contributed by atoms with E-state index >= 15 is 0 Å². The van der Waals surface area contributed by atoms with Crippen LogP contribution in [-0.4, -0.2) is 19.1 Å². The van der Waals surface area contributed by atoms with Crippen molar-refractivity contribution in [3.05, 3.63) is 53.2 Å². The van der Waals surface area contributed by atoms with Crippen LogP contribution in [0.2, 0.25) is 0 Å². The van der Waals surface area contributed by atoms with Gasteiger partial charge in [0.2, 0.25) is 0 Å². The molecule has 0 saturated heterocycles. The fourth-order valence-corrected chi connectivity index (χ4v) is 2.34. The molecule has 2 aromatic rings. The largest absolute Gasteiger partial charge is 0.329 e. The van der Waals surface area contributed by atoms with E-state index in [9.17, 15) is 0 Å². The van der Waals surface area contributed by atoms with Crippen LogP contribution in [0.1, 0.15) is 36.6 Å². The molecule has 0 aliphatic heterocycles. The Morgan fingerprint density at radius 1 is 1.19 bits per heavy atom. The predicted octanol–water partition coefficient (Wildman–Crippen LogP) is 4.00. The fraction of sp³-hybridized carbons (Fsp3) is 0.389. The number of benzene rings is 1. The number of hydrogen-bond acceptors (Lipinski definition) is 3. The van der Waals surface area contributed by atoms with Gasteiger partial charge in [-0.15, -0.1) is 0 Å². The predicted molar refractivity (Wildman–Crippen MR) is 90.3 cm³/mol. The molecule has 1 N–H and O–H groups in total. The molecule has 112 valence electrons. The Bertz CT molecular complexity index is 605. The maximum Gasteiger partial charge on any atom is 0.133 e. The second-order valence-electron chi connectivity index (χ2n) is 5.84. The zero-order chi connectivity index (χ0) is 15.4. The first-order valence-electron chi connectivity index (χ1n) is 7.47. The normalized spacial score (nSPS) is 11.0. The summed E-state index contributed by atoms with van der Waals surface area (Å²) in [6.07, 6.45) is 0. The number of aromatic nitrogens is 1. The summed E-state index contributed by atoms with van der Waals surface area (Å²) in [4.78, 5) is 6.97. The van der Waals surface area contributed by atoms with Crippen molar-refractivity contribution in [1.29, 1.82) is 0 Å². The van der Waals surface area contributed by atoms with E-state index in [1.165, 1.54) is 16.8 Å². The van der Waals surface area contributed by atoms with Crippen LogP contribution in [-0.2, 0) is 6.54 Å². The van der Waals surface area contributed by atoms with Crippen LogP contribution in [0.3, 0.4) is 0 Å². The van der Waals surface area contributed by atoms with Crippen molar-refractivity contribution in [2.45, 2.75) is 33.2 Å². The Hall–Kier alpha value is -1.87. The van der Waals surface area contributed by atoms with Gasteiger partial charge in [0.05, 0.1) is 0 Å². The molecule has 2 rings (SSSR count). The van der Waals surface area contributed by atoms with Crippen molar-refractivity contribution in [3.63, 3.8) is 0 Å². The second kappa shape index (κ2) is 6.72. The number of anilines is 2. The van der Waals surface area contributed by atoms with Gasteiger partial charge in [0, 0.05) is 25.0 Å². The zero-order valence-corrected chi connectivity index (χ0v) is 13.6. The number of pyridine rings is 1. The maximum absolute atomic E-state index is 4.82. The molecule has 0 atom stereocenters. The fourth-order valence-electron chi connectivity index (χ4n) is 2.34. The highest BCUT2D eigenvalue weighted by molar-refractivity contribution is 5.60. The molecule has 0 aliphatic rings. The van der Waals surface area contributed by atoms with E-state index in [1.807, 2.05) is 7.05 Å². The van der Waals surface area contributed by atoms with Crippen molar-refractivity contribution in [2.75, 3.05) is 19.0 Å². The number of nitrogens with one attached hydrogen (secondary N) is 1. The molecule has 0 aliphatic carbocycles. The molecule has 3 heteroatoms. The summed E-state index contributed by atoms with van der Waals surface area (Å²) >= 11 is 0. The molecule has 0 spiro atoms. The van der Waals surface area contributed by atoms with Crippen LogP contribution < -0.4 is 10.2 Å². The topological polar surface area (TPSA) is 28.2 Å². The van der Waals surface area contributed by atoms with E-state index in [4.69, 9.17) is 4.98 Å². The quantitative estimate of drug-likeness (QED) is 0.899. The lowest BCUT2D eigenvalue weighted by Crippen LogP contribution is -2.14. The van der Waals surface area contributed by atoms with E-state index < -0.39 is 0 Å². The summed E-state index contributed by atoms with van der Waals surface area (Å²) in [7, 11) is 4.05. The number of hydrogen-bond donors (Lipinski definition) is 1. The Labute approximate surface area is 128 Å². The van der Waals surface area contributed by atoms with Crippen molar-refractivity contribution < 1.29 is 0 Å². The molecule has 1 aromatic heterocycles. The monoisotopic (exact) mass is 283 g/mol. The van der Waals surface area contributed by atoms with E-state index in [1.54, 1.807) is 0 Å². The number of nitrogens with zero attached hydrogens (tertiary/aromatic N) is 2. The smallest absolute Gasteiger partial charge is 0.133 e. The standard InChI is InChI=1S/C18H25N3/c1-13(2)17-10-15(12-19-4)11-18(20-17)21(5)16-8-6-7-14(3)9-16/h6-11,13,19H,12H2,1-5H3. The molecule has 0 fully saturated rings. The molecule has 1 heterocycles. The molecule has 0 amide bonds. The van der Waals surface area contributed by atoms with Crippen LogP contribution in [0.4, 0.5) is 11.5 Å². The summed E-state index contributed by atoms with van der Waals surface area (Å²) < 4.78 is 0. The van der Waals surface area contributed by atoms with Crippen molar-refractivity contribution in [3.8, 4) is 0 Å². The minimum atomic E-state index is 0.423. The number of rotatable bonds is 5. The van der Waals surface area contributed by atoms with Gasteiger partial charge in [-0.25, -0.2) is 4.98 Å². The van der Waals surface area contributed by atoms with Gasteiger partial charge < -0.3 is 10.2 Å². The highest BCUT2D eigenvalue weighted by Gasteiger charge is 2.11. The molecule has 1 aromatic carbocycles. The van der Waals surface area contributed by atoms with E-state index in [0.29, 0.717) is 5.92 Å². The van der Waals surface area contributed by atoms with Gasteiger partial charge in [0.15, 0.2) is 0 Å². The minimum Gasteiger partial charge on any atom is -0.329 e. The average molecular weight is 283 g/mol. The lowest BCUT2D eigenvalue weighted by molar-refractivity contribution is 0.786. The third-order valence-corrected chi connectivity index (χ3v) is 3.60. The summed E-state index contributed by atoms with van der Waals surface area (Å²) in [5.74, 6) is 1.42. The van der Waals surface area contributed by atoms with Crippen molar-refractivity contribution in [1.82, 2.24) is 10.3 Å². The maximum atomic E-state index is 4.82. The van der Waals surface area contributed by atoms with Gasteiger partial charge in [-0.3, -0.25) is 0 Å². The van der Waals surface area contributed by atoms with Crippen molar-refractivity contribution in [2.24, 2.45) is 0 Å². The summed E-state index contributed by atoms with van der Waals surface area (Å²) in [5.41, 5.74) is 4.83. The van der Waals surface area contributed by atoms with Crippen LogP contribution in [0.5, 0.6) is 0 Å². The molecular formula is C18H25N3. The van der Waals surface area contributed by atoms with Gasteiger partial charge in [0.1, 0.15) is 5.82 Å². The molecule has 21 heavy (non-hydrogen) atoms. The van der Waals surface area contributed by atoms with E-state index in [2.05, 4.69) is 74.4 Å². The second-order valence-corrected chi connectivity index (χ2v) is 5.84. The molecule has 0 unspecified atom stereocenters.